The Hall–Kier alpha value is -4.42. The minimum atomic E-state index is -4.93. The Bertz CT molecular complexity index is 1390. The van der Waals surface area contributed by atoms with Gasteiger partial charge >= 0.3 is 12.1 Å². The van der Waals surface area contributed by atoms with Gasteiger partial charge in [-0.3, -0.25) is 14.4 Å². The minimum absolute atomic E-state index is 0.128. The number of carboxylic acids is 1. The van der Waals surface area contributed by atoms with Crippen LogP contribution in [-0.4, -0.2) is 63.9 Å². The topological polar surface area (TPSA) is 129 Å². The smallest absolute Gasteiger partial charge is 0.452 e. The molecule has 0 radical (unpaired) electrons. The summed E-state index contributed by atoms with van der Waals surface area (Å²) in [5, 5.41) is 11.8. The number of halogens is 3. The molecule has 3 aromatic rings. The lowest BCUT2D eigenvalue weighted by atomic mass is 9.94. The number of alkyl halides is 3. The number of carboxylic acid groups (broad SMARTS) is 1. The van der Waals surface area contributed by atoms with Gasteiger partial charge in [0.15, 0.2) is 5.69 Å². The molecule has 40 heavy (non-hydrogen) atoms. The van der Waals surface area contributed by atoms with Crippen LogP contribution in [-0.2, 0) is 15.8 Å². The molecule has 2 fully saturated rings. The van der Waals surface area contributed by atoms with Crippen LogP contribution in [0.3, 0.4) is 0 Å². The number of oxazole rings is 1. The molecule has 210 valence electrons. The third-order valence-corrected chi connectivity index (χ3v) is 7.19. The van der Waals surface area contributed by atoms with Gasteiger partial charge in [0.1, 0.15) is 5.82 Å². The Labute approximate surface area is 226 Å². The van der Waals surface area contributed by atoms with Crippen LogP contribution in [0, 0.1) is 11.8 Å². The van der Waals surface area contributed by atoms with Gasteiger partial charge in [0.05, 0.1) is 23.7 Å². The first-order valence-corrected chi connectivity index (χ1v) is 12.8. The van der Waals surface area contributed by atoms with Crippen molar-refractivity contribution in [3.05, 3.63) is 60.1 Å². The summed E-state index contributed by atoms with van der Waals surface area (Å²) in [7, 11) is 0. The normalized spacial score (nSPS) is 19.5. The molecule has 1 saturated carbocycles. The van der Waals surface area contributed by atoms with Crippen LogP contribution in [0.15, 0.2) is 53.1 Å². The summed E-state index contributed by atoms with van der Waals surface area (Å²) >= 11 is 0. The number of hydrogen-bond donors (Lipinski definition) is 2. The average Bonchev–Trinajstić information content (AvgIpc) is 3.62. The zero-order valence-electron chi connectivity index (χ0n) is 21.2. The number of hydrogen-bond acceptors (Lipinski definition) is 7. The van der Waals surface area contributed by atoms with E-state index in [9.17, 15) is 32.7 Å². The van der Waals surface area contributed by atoms with Gasteiger partial charge in [0.2, 0.25) is 17.6 Å². The molecule has 2 aliphatic rings. The quantitative estimate of drug-likeness (QED) is 0.463. The van der Waals surface area contributed by atoms with Crippen LogP contribution in [0.2, 0.25) is 0 Å². The summed E-state index contributed by atoms with van der Waals surface area (Å²) < 4.78 is 45.6. The van der Waals surface area contributed by atoms with Gasteiger partial charge in [-0.2, -0.15) is 13.2 Å². The first-order chi connectivity index (χ1) is 19.1. The molecule has 2 atom stereocenters. The standard InChI is InChI=1S/C27H26F3N5O5/c28-27(29,30)22-21(33-24(40-22)16-5-2-1-3-6-16)23(36)32-17-9-10-20(31-15-17)34-11-13-35(14-12-34)25(37)18-7-4-8-19(18)26(38)39/h1-3,5-6,9-10,15,18-19H,4,7-8,11-14H2,(H,32,36)(H,38,39). The maximum atomic E-state index is 13.6. The van der Waals surface area contributed by atoms with Crippen molar-refractivity contribution in [1.29, 1.82) is 0 Å². The summed E-state index contributed by atoms with van der Waals surface area (Å²) in [4.78, 5) is 48.8. The lowest BCUT2D eigenvalue weighted by Gasteiger charge is -2.37. The third-order valence-electron chi connectivity index (χ3n) is 7.19. The molecule has 2 amide bonds. The molecule has 3 heterocycles. The fraction of sp³-hybridized carbons (Fsp3) is 0.370. The molecule has 0 spiro atoms. The Morgan fingerprint density at radius 2 is 1.68 bits per heavy atom. The van der Waals surface area contributed by atoms with E-state index in [0.29, 0.717) is 50.4 Å². The lowest BCUT2D eigenvalue weighted by molar-refractivity contribution is -0.153. The van der Waals surface area contributed by atoms with Crippen molar-refractivity contribution in [2.45, 2.75) is 25.4 Å². The van der Waals surface area contributed by atoms with E-state index in [4.69, 9.17) is 4.42 Å². The number of rotatable bonds is 6. The van der Waals surface area contributed by atoms with Gasteiger partial charge in [-0.05, 0) is 37.1 Å². The molecule has 1 saturated heterocycles. The Morgan fingerprint density at radius 3 is 2.30 bits per heavy atom. The van der Waals surface area contributed by atoms with Crippen LogP contribution in [0.4, 0.5) is 24.7 Å². The van der Waals surface area contributed by atoms with Crippen molar-refractivity contribution in [1.82, 2.24) is 14.9 Å². The van der Waals surface area contributed by atoms with Crippen LogP contribution >= 0.6 is 0 Å². The number of amides is 2. The molecule has 0 bridgehead atoms. The van der Waals surface area contributed by atoms with E-state index in [-0.39, 0.29) is 17.5 Å². The summed E-state index contributed by atoms with van der Waals surface area (Å²) in [6.07, 6.45) is -1.78. The SMILES string of the molecule is O=C(Nc1ccc(N2CCN(C(=O)C3CCCC3C(=O)O)CC2)nc1)c1nc(-c2ccccc2)oc1C(F)(F)F. The number of piperazine rings is 1. The molecule has 2 aromatic heterocycles. The molecule has 1 aromatic carbocycles. The van der Waals surface area contributed by atoms with E-state index in [1.165, 1.54) is 24.4 Å². The van der Waals surface area contributed by atoms with E-state index < -0.39 is 41.3 Å². The number of benzene rings is 1. The highest BCUT2D eigenvalue weighted by atomic mass is 19.4. The summed E-state index contributed by atoms with van der Waals surface area (Å²) in [6.45, 7) is 1.78. The van der Waals surface area contributed by atoms with Crippen LogP contribution in [0.1, 0.15) is 35.5 Å². The van der Waals surface area contributed by atoms with Gasteiger partial charge in [-0.1, -0.05) is 24.6 Å². The number of anilines is 2. The first kappa shape index (κ1) is 27.2. The molecule has 2 unspecified atom stereocenters. The Morgan fingerprint density at radius 1 is 0.975 bits per heavy atom. The fourth-order valence-corrected chi connectivity index (χ4v) is 5.15. The van der Waals surface area contributed by atoms with E-state index in [1.54, 1.807) is 29.2 Å². The second-order valence-electron chi connectivity index (χ2n) is 9.71. The van der Waals surface area contributed by atoms with Gasteiger partial charge in [0, 0.05) is 31.7 Å². The van der Waals surface area contributed by atoms with Crippen molar-refractivity contribution in [2.24, 2.45) is 11.8 Å². The van der Waals surface area contributed by atoms with E-state index in [2.05, 4.69) is 15.3 Å². The number of aromatic nitrogens is 2. The number of aliphatic carboxylic acids is 1. The van der Waals surface area contributed by atoms with Crippen molar-refractivity contribution in [3.8, 4) is 11.5 Å². The van der Waals surface area contributed by atoms with Crippen LogP contribution in [0.25, 0.3) is 11.5 Å². The van der Waals surface area contributed by atoms with Crippen molar-refractivity contribution >= 4 is 29.3 Å². The predicted molar refractivity (Wildman–Crippen MR) is 136 cm³/mol. The summed E-state index contributed by atoms with van der Waals surface area (Å²) in [6, 6.07) is 11.1. The van der Waals surface area contributed by atoms with E-state index >= 15 is 0 Å². The number of nitrogens with zero attached hydrogens (tertiary/aromatic N) is 4. The maximum absolute atomic E-state index is 13.6. The highest BCUT2D eigenvalue weighted by Gasteiger charge is 2.42. The van der Waals surface area contributed by atoms with Crippen LogP contribution < -0.4 is 10.2 Å². The van der Waals surface area contributed by atoms with Gasteiger partial charge in [0.25, 0.3) is 5.91 Å². The Balaban J connectivity index is 1.22. The molecule has 13 heteroatoms. The van der Waals surface area contributed by atoms with Crippen molar-refractivity contribution < 1.29 is 37.1 Å². The molecular weight excluding hydrogens is 531 g/mol. The fourth-order valence-electron chi connectivity index (χ4n) is 5.15. The number of carbonyl (C=O) groups is 3. The molecule has 2 N–H and O–H groups in total. The van der Waals surface area contributed by atoms with E-state index in [0.717, 1.165) is 6.42 Å². The monoisotopic (exact) mass is 557 g/mol. The van der Waals surface area contributed by atoms with Gasteiger partial charge in [-0.25, -0.2) is 9.97 Å². The molecule has 1 aliphatic heterocycles. The zero-order valence-corrected chi connectivity index (χ0v) is 21.2. The maximum Gasteiger partial charge on any atom is 0.452 e. The molecule has 5 rings (SSSR count). The second-order valence-corrected chi connectivity index (χ2v) is 9.71. The van der Waals surface area contributed by atoms with Crippen LogP contribution in [0.5, 0.6) is 0 Å². The first-order valence-electron chi connectivity index (χ1n) is 12.8. The predicted octanol–water partition coefficient (Wildman–Crippen LogP) is 4.16. The third kappa shape index (κ3) is 5.63. The second kappa shape index (κ2) is 11.0. The average molecular weight is 558 g/mol. The highest BCUT2D eigenvalue weighted by molar-refractivity contribution is 6.04. The Kier molecular flexibility index (Phi) is 7.46. The zero-order chi connectivity index (χ0) is 28.4. The minimum Gasteiger partial charge on any atom is -0.481 e. The van der Waals surface area contributed by atoms with Crippen molar-refractivity contribution in [3.63, 3.8) is 0 Å². The molecule has 10 nitrogen and oxygen atoms in total. The largest absolute Gasteiger partial charge is 0.481 e. The lowest BCUT2D eigenvalue weighted by Crippen LogP contribution is -2.51. The van der Waals surface area contributed by atoms with Crippen molar-refractivity contribution in [2.75, 3.05) is 36.4 Å². The summed E-state index contributed by atoms with van der Waals surface area (Å²) in [5.41, 5.74) is -0.422. The number of pyridine rings is 1. The summed E-state index contributed by atoms with van der Waals surface area (Å²) in [5.74, 6) is -4.52. The number of nitrogens with one attached hydrogen (secondary N) is 1. The van der Waals surface area contributed by atoms with E-state index in [1.807, 2.05) is 4.90 Å². The number of carbonyl (C=O) groups excluding carboxylic acids is 2. The highest BCUT2D eigenvalue weighted by Crippen LogP contribution is 2.36. The molecule has 1 aliphatic carbocycles. The van der Waals surface area contributed by atoms with Gasteiger partial charge < -0.3 is 24.6 Å². The molecular formula is C27H26F3N5O5. The van der Waals surface area contributed by atoms with Gasteiger partial charge in [-0.15, -0.1) is 0 Å².